The third kappa shape index (κ3) is 8.32. The molecule has 0 aromatic carbocycles. The molecule has 0 aromatic rings. The number of ether oxygens (including phenoxy) is 2. The molecular weight excluding hydrogens is 590 g/mol. The average Bonchev–Trinajstić information content (AvgIpc) is 3.64. The fourth-order valence-corrected chi connectivity index (χ4v) is 9.58. The van der Waals surface area contributed by atoms with Gasteiger partial charge in [0, 0.05) is 38.9 Å². The number of rotatable bonds is 14. The summed E-state index contributed by atoms with van der Waals surface area (Å²) in [4.78, 5) is 23.7. The Hall–Kier alpha value is 0.420. The third-order valence-electron chi connectivity index (χ3n) is 10.7. The van der Waals surface area contributed by atoms with Crippen molar-refractivity contribution in [2.75, 3.05) is 14.2 Å². The molecule has 40 heavy (non-hydrogen) atoms. The van der Waals surface area contributed by atoms with E-state index in [1.807, 2.05) is 0 Å². The molecule has 0 bridgehead atoms. The van der Waals surface area contributed by atoms with Gasteiger partial charge in [0.2, 0.25) is 0 Å². The predicted molar refractivity (Wildman–Crippen MR) is 167 cm³/mol. The monoisotopic (exact) mass is 640 g/mol. The number of unbranched alkanes of at least 4 members (excludes halogenated alkanes) is 2. The summed E-state index contributed by atoms with van der Waals surface area (Å²) in [5, 5.41) is 0. The molecule has 4 fully saturated rings. The van der Waals surface area contributed by atoms with E-state index in [1.165, 1.54) is 51.4 Å². The average molecular weight is 643 g/mol. The smallest absolute Gasteiger partial charge is 0.178 e. The van der Waals surface area contributed by atoms with Crippen LogP contribution in [0.25, 0.3) is 0 Å². The molecule has 0 saturated heterocycles. The van der Waals surface area contributed by atoms with Crippen LogP contribution in [0, 0.1) is 35.5 Å². The first-order valence-corrected chi connectivity index (χ1v) is 17.4. The van der Waals surface area contributed by atoms with E-state index < -0.39 is 8.67 Å². The molecule has 0 spiro atoms. The van der Waals surface area contributed by atoms with E-state index in [4.69, 9.17) is 55.9 Å². The van der Waals surface area contributed by atoms with E-state index in [1.54, 1.807) is 14.2 Å². The van der Waals surface area contributed by atoms with Crippen LogP contribution in [0.3, 0.4) is 0 Å². The van der Waals surface area contributed by atoms with Gasteiger partial charge in [0.05, 0.1) is 12.2 Å². The maximum absolute atomic E-state index is 11.9. The van der Waals surface area contributed by atoms with Crippen LogP contribution in [0.15, 0.2) is 0 Å². The molecule has 232 valence electrons. The van der Waals surface area contributed by atoms with Gasteiger partial charge in [-0.2, -0.15) is 0 Å². The minimum absolute atomic E-state index is 0.0472. The van der Waals surface area contributed by atoms with Gasteiger partial charge >= 0.3 is 0 Å². The molecule has 8 heteroatoms. The topological polar surface area (TPSA) is 52.6 Å². The highest BCUT2D eigenvalue weighted by molar-refractivity contribution is 6.59. The quantitative estimate of drug-likeness (QED) is 0.140. The van der Waals surface area contributed by atoms with Crippen molar-refractivity contribution in [2.24, 2.45) is 35.5 Å². The summed E-state index contributed by atoms with van der Waals surface area (Å²) in [5.41, 5.74) is 0. The van der Waals surface area contributed by atoms with Gasteiger partial charge in [0.1, 0.15) is 0 Å². The van der Waals surface area contributed by atoms with Gasteiger partial charge in [-0.15, -0.1) is 0 Å². The lowest BCUT2D eigenvalue weighted by Crippen LogP contribution is -2.26. The second kappa shape index (κ2) is 15.9. The predicted octanol–water partition coefficient (Wildman–Crippen LogP) is 9.52. The molecule has 0 heterocycles. The lowest BCUT2D eigenvalue weighted by Gasteiger charge is -2.21. The Balaban J connectivity index is 0.000000220. The van der Waals surface area contributed by atoms with E-state index in [2.05, 4.69) is 13.8 Å². The number of halogens is 4. The molecule has 8 atom stereocenters. The summed E-state index contributed by atoms with van der Waals surface area (Å²) in [6, 6.07) is 0. The van der Waals surface area contributed by atoms with Gasteiger partial charge < -0.3 is 9.47 Å². The fourth-order valence-electron chi connectivity index (χ4n) is 8.18. The maximum Gasteiger partial charge on any atom is 0.178 e. The van der Waals surface area contributed by atoms with E-state index in [-0.39, 0.29) is 23.4 Å². The van der Waals surface area contributed by atoms with Crippen molar-refractivity contribution in [1.29, 1.82) is 0 Å². The van der Waals surface area contributed by atoms with Crippen molar-refractivity contribution in [3.8, 4) is 0 Å². The summed E-state index contributed by atoms with van der Waals surface area (Å²) in [7, 11) is 3.58. The van der Waals surface area contributed by atoms with Crippen molar-refractivity contribution in [3.05, 3.63) is 0 Å². The Morgan fingerprint density at radius 2 is 1.05 bits per heavy atom. The van der Waals surface area contributed by atoms with Gasteiger partial charge in [0.15, 0.2) is 20.2 Å². The second-order valence-corrected chi connectivity index (χ2v) is 15.6. The number of hydrogen-bond acceptors (Lipinski definition) is 4. The summed E-state index contributed by atoms with van der Waals surface area (Å²) < 4.78 is 8.62. The van der Waals surface area contributed by atoms with Crippen LogP contribution in [0.5, 0.6) is 0 Å². The van der Waals surface area contributed by atoms with Crippen LogP contribution >= 0.6 is 46.4 Å². The number of ketones is 2. The molecule has 0 aliphatic heterocycles. The Labute approximate surface area is 263 Å². The normalized spacial score (nSPS) is 33.4. The molecule has 4 rings (SSSR count). The Morgan fingerprint density at radius 1 is 0.675 bits per heavy atom. The third-order valence-corrected chi connectivity index (χ3v) is 12.7. The molecule has 0 amide bonds. The SMILES string of the molecule is CCC(CCCCC1CCC2C1CC(=O)C2(Cl)Cl)OC.CCC(CCCCC1CCC2C1CC(=O)C2(Cl)Cl)OC. The zero-order valence-corrected chi connectivity index (χ0v) is 28.1. The van der Waals surface area contributed by atoms with Crippen LogP contribution in [0.1, 0.15) is 117 Å². The highest BCUT2D eigenvalue weighted by Crippen LogP contribution is 2.57. The van der Waals surface area contributed by atoms with Crippen molar-refractivity contribution < 1.29 is 19.1 Å². The van der Waals surface area contributed by atoms with Gasteiger partial charge in [-0.3, -0.25) is 9.59 Å². The first-order valence-electron chi connectivity index (χ1n) is 15.9. The number of carbonyl (C=O) groups is 2. The van der Waals surface area contributed by atoms with Crippen LogP contribution in [-0.2, 0) is 19.1 Å². The molecular formula is C32H52Cl4O4. The highest BCUT2D eigenvalue weighted by Gasteiger charge is 2.58. The molecule has 4 aliphatic rings. The van der Waals surface area contributed by atoms with Crippen molar-refractivity contribution >= 4 is 58.0 Å². The maximum atomic E-state index is 11.9. The lowest BCUT2D eigenvalue weighted by molar-refractivity contribution is -0.119. The Bertz CT molecular complexity index is 745. The number of alkyl halides is 4. The number of Topliss-reactive ketones (excluding diaryl/α,β-unsaturated/α-hetero) is 2. The molecule has 0 aromatic heterocycles. The van der Waals surface area contributed by atoms with Gasteiger partial charge in [-0.1, -0.05) is 98.8 Å². The molecule has 4 aliphatic carbocycles. The van der Waals surface area contributed by atoms with Gasteiger partial charge in [-0.05, 0) is 75.0 Å². The van der Waals surface area contributed by atoms with Crippen LogP contribution < -0.4 is 0 Å². The molecule has 0 N–H and O–H groups in total. The zero-order chi connectivity index (χ0) is 29.5. The first-order chi connectivity index (χ1) is 19.0. The van der Waals surface area contributed by atoms with Gasteiger partial charge in [-0.25, -0.2) is 0 Å². The number of methoxy groups -OCH3 is 2. The van der Waals surface area contributed by atoms with Crippen molar-refractivity contribution in [3.63, 3.8) is 0 Å². The van der Waals surface area contributed by atoms with E-state index in [0.717, 1.165) is 38.5 Å². The Kier molecular flexibility index (Phi) is 13.9. The number of hydrogen-bond donors (Lipinski definition) is 0. The summed E-state index contributed by atoms with van der Waals surface area (Å²) in [6.45, 7) is 4.33. The zero-order valence-electron chi connectivity index (χ0n) is 25.1. The molecule has 8 unspecified atom stereocenters. The summed E-state index contributed by atoms with van der Waals surface area (Å²) >= 11 is 24.9. The summed E-state index contributed by atoms with van der Waals surface area (Å²) in [5.74, 6) is 2.65. The molecule has 4 saturated carbocycles. The minimum Gasteiger partial charge on any atom is -0.381 e. The molecule has 4 nitrogen and oxygen atoms in total. The highest BCUT2D eigenvalue weighted by atomic mass is 35.5. The van der Waals surface area contributed by atoms with Crippen LogP contribution in [0.4, 0.5) is 0 Å². The summed E-state index contributed by atoms with van der Waals surface area (Å²) in [6.07, 6.45) is 18.1. The van der Waals surface area contributed by atoms with E-state index >= 15 is 0 Å². The van der Waals surface area contributed by atoms with Gasteiger partial charge in [0.25, 0.3) is 0 Å². The second-order valence-electron chi connectivity index (χ2n) is 12.8. The van der Waals surface area contributed by atoms with Crippen LogP contribution in [-0.4, -0.2) is 46.7 Å². The number of fused-ring (bicyclic) bond motifs is 2. The minimum atomic E-state index is -1.09. The lowest BCUT2D eigenvalue weighted by atomic mass is 9.87. The molecule has 0 radical (unpaired) electrons. The largest absolute Gasteiger partial charge is 0.381 e. The van der Waals surface area contributed by atoms with Crippen molar-refractivity contribution in [1.82, 2.24) is 0 Å². The van der Waals surface area contributed by atoms with Crippen LogP contribution in [0.2, 0.25) is 0 Å². The van der Waals surface area contributed by atoms with Crippen molar-refractivity contribution in [2.45, 2.75) is 137 Å². The first kappa shape index (κ1) is 34.9. The standard InChI is InChI=1S/2C16H26Cl2O2/c2*1-3-12(20-2)7-5-4-6-11-8-9-14-13(11)10-15(19)16(14,17)18/h2*11-14H,3-10H2,1-2H3. The van der Waals surface area contributed by atoms with E-state index in [9.17, 15) is 9.59 Å². The fraction of sp³-hybridized carbons (Fsp3) is 0.938. The van der Waals surface area contributed by atoms with E-state index in [0.29, 0.717) is 48.7 Å². The number of carbonyl (C=O) groups excluding carboxylic acids is 2. The Morgan fingerprint density at radius 3 is 1.38 bits per heavy atom.